The van der Waals surface area contributed by atoms with Crippen LogP contribution in [0.25, 0.3) is 0 Å². The van der Waals surface area contributed by atoms with E-state index in [2.05, 4.69) is 5.32 Å². The van der Waals surface area contributed by atoms with E-state index in [0.717, 1.165) is 16.9 Å². The van der Waals surface area contributed by atoms with E-state index in [1.54, 1.807) is 12.1 Å². The van der Waals surface area contributed by atoms with Crippen LogP contribution < -0.4 is 10.2 Å². The minimum atomic E-state index is -1.34. The molecule has 4 aliphatic rings. The first-order valence-electron chi connectivity index (χ1n) is 11.2. The first-order valence-corrected chi connectivity index (χ1v) is 11.6. The zero-order valence-corrected chi connectivity index (χ0v) is 19.3. The Morgan fingerprint density at radius 1 is 1.18 bits per heavy atom. The Labute approximate surface area is 199 Å². The van der Waals surface area contributed by atoms with Crippen LogP contribution in [0.5, 0.6) is 0 Å². The summed E-state index contributed by atoms with van der Waals surface area (Å²) >= 11 is 6.49. The third-order valence-corrected chi connectivity index (χ3v) is 8.21. The maximum atomic E-state index is 14.0. The zero-order chi connectivity index (χ0) is 24.1. The van der Waals surface area contributed by atoms with Gasteiger partial charge in [-0.1, -0.05) is 23.7 Å². The molecule has 3 fully saturated rings. The van der Waals surface area contributed by atoms with E-state index in [4.69, 9.17) is 11.6 Å². The third-order valence-electron chi connectivity index (χ3n) is 7.91. The molecule has 0 aliphatic carbocycles. The van der Waals surface area contributed by atoms with Gasteiger partial charge >= 0.3 is 0 Å². The fraction of sp³-hybridized carbons (Fsp3) is 0.375. The molecule has 4 heterocycles. The van der Waals surface area contributed by atoms with E-state index in [1.807, 2.05) is 17.9 Å². The molecule has 3 saturated heterocycles. The quantitative estimate of drug-likeness (QED) is 0.401. The largest absolute Gasteiger partial charge is 0.323 e. The van der Waals surface area contributed by atoms with Gasteiger partial charge in [0.15, 0.2) is 0 Å². The van der Waals surface area contributed by atoms with Gasteiger partial charge in [0.2, 0.25) is 11.8 Å². The minimum Gasteiger partial charge on any atom is -0.323 e. The number of nitro benzene ring substituents is 1. The van der Waals surface area contributed by atoms with Gasteiger partial charge in [0.25, 0.3) is 11.6 Å². The second kappa shape index (κ2) is 6.86. The molecular weight excluding hydrogens is 460 g/mol. The molecule has 1 spiro atoms. The summed E-state index contributed by atoms with van der Waals surface area (Å²) in [6, 6.07) is 7.71. The molecule has 4 aliphatic heterocycles. The number of aryl methyl sites for hydroxylation is 1. The Morgan fingerprint density at radius 3 is 2.68 bits per heavy atom. The van der Waals surface area contributed by atoms with Crippen LogP contribution in [0.1, 0.15) is 29.5 Å². The SMILES string of the molecule is Cc1cc(Cl)c2c(c1)[C@]1(C(=O)N2)[C@@H]2C(=O)N(c3cccc([N+](=O)[O-])c3C)C(=O)[C@H]2[C@@H]2CCCN21. The predicted octanol–water partition coefficient (Wildman–Crippen LogP) is 3.30. The van der Waals surface area contributed by atoms with E-state index in [9.17, 15) is 24.5 Å². The van der Waals surface area contributed by atoms with Crippen LogP contribution >= 0.6 is 11.6 Å². The van der Waals surface area contributed by atoms with Crippen molar-refractivity contribution in [1.82, 2.24) is 4.90 Å². The molecule has 10 heteroatoms. The molecule has 3 amide bonds. The second-order valence-corrected chi connectivity index (χ2v) is 9.89. The molecule has 174 valence electrons. The average molecular weight is 481 g/mol. The van der Waals surface area contributed by atoms with Crippen molar-refractivity contribution >= 4 is 46.4 Å². The van der Waals surface area contributed by atoms with Gasteiger partial charge in [0.1, 0.15) is 5.54 Å². The van der Waals surface area contributed by atoms with Crippen LogP contribution in [0.3, 0.4) is 0 Å². The number of benzene rings is 2. The molecule has 0 unspecified atom stereocenters. The molecule has 6 rings (SSSR count). The van der Waals surface area contributed by atoms with Gasteiger partial charge in [-0.15, -0.1) is 0 Å². The Balaban J connectivity index is 1.57. The monoisotopic (exact) mass is 480 g/mol. The van der Waals surface area contributed by atoms with Gasteiger partial charge in [0, 0.05) is 17.7 Å². The second-order valence-electron chi connectivity index (χ2n) is 9.49. The number of nitro groups is 1. The average Bonchev–Trinajstić information content (AvgIpc) is 3.48. The lowest BCUT2D eigenvalue weighted by Crippen LogP contribution is -2.54. The van der Waals surface area contributed by atoms with Crippen LogP contribution in [0.2, 0.25) is 5.02 Å². The molecule has 0 radical (unpaired) electrons. The number of hydrogen-bond acceptors (Lipinski definition) is 6. The third kappa shape index (κ3) is 2.35. The van der Waals surface area contributed by atoms with Crippen molar-refractivity contribution in [2.24, 2.45) is 11.8 Å². The molecule has 34 heavy (non-hydrogen) atoms. The van der Waals surface area contributed by atoms with Crippen molar-refractivity contribution in [3.05, 3.63) is 62.2 Å². The number of carbonyl (C=O) groups excluding carboxylic acids is 3. The first-order chi connectivity index (χ1) is 16.2. The molecule has 0 bridgehead atoms. The number of rotatable bonds is 2. The van der Waals surface area contributed by atoms with E-state index in [-0.39, 0.29) is 28.9 Å². The summed E-state index contributed by atoms with van der Waals surface area (Å²) in [5, 5.41) is 14.8. The van der Waals surface area contributed by atoms with Crippen molar-refractivity contribution in [2.45, 2.75) is 38.3 Å². The highest BCUT2D eigenvalue weighted by Gasteiger charge is 2.75. The molecule has 9 nitrogen and oxygen atoms in total. The number of nitrogens with one attached hydrogen (secondary N) is 1. The van der Waals surface area contributed by atoms with Gasteiger partial charge in [-0.3, -0.25) is 29.4 Å². The van der Waals surface area contributed by atoms with Crippen molar-refractivity contribution in [3.63, 3.8) is 0 Å². The highest BCUT2D eigenvalue weighted by Crippen LogP contribution is 2.61. The number of amides is 3. The Kier molecular flexibility index (Phi) is 4.29. The van der Waals surface area contributed by atoms with Crippen LogP contribution in [0.15, 0.2) is 30.3 Å². The fourth-order valence-corrected chi connectivity index (χ4v) is 7.01. The number of hydrogen-bond donors (Lipinski definition) is 1. The summed E-state index contributed by atoms with van der Waals surface area (Å²) in [5.41, 5.74) is 0.878. The highest BCUT2D eigenvalue weighted by molar-refractivity contribution is 6.35. The minimum absolute atomic E-state index is 0.168. The number of anilines is 2. The number of nitrogens with zero attached hydrogens (tertiary/aromatic N) is 3. The van der Waals surface area contributed by atoms with Crippen molar-refractivity contribution < 1.29 is 19.3 Å². The summed E-state index contributed by atoms with van der Waals surface area (Å²) < 4.78 is 0. The lowest BCUT2D eigenvalue weighted by Gasteiger charge is -2.37. The maximum absolute atomic E-state index is 14.0. The van der Waals surface area contributed by atoms with Gasteiger partial charge < -0.3 is 5.32 Å². The van der Waals surface area contributed by atoms with Gasteiger partial charge in [-0.05, 0) is 50.9 Å². The normalized spacial score (nSPS) is 29.6. The van der Waals surface area contributed by atoms with Crippen molar-refractivity contribution in [2.75, 3.05) is 16.8 Å². The van der Waals surface area contributed by atoms with Crippen molar-refractivity contribution in [1.29, 1.82) is 0 Å². The molecule has 2 aromatic rings. The summed E-state index contributed by atoms with van der Waals surface area (Å²) in [7, 11) is 0. The molecular formula is C24H21ClN4O5. The zero-order valence-electron chi connectivity index (χ0n) is 18.5. The lowest BCUT2D eigenvalue weighted by molar-refractivity contribution is -0.385. The fourth-order valence-electron chi connectivity index (χ4n) is 6.68. The Hall–Kier alpha value is -3.30. The predicted molar refractivity (Wildman–Crippen MR) is 124 cm³/mol. The topological polar surface area (TPSA) is 113 Å². The highest BCUT2D eigenvalue weighted by atomic mass is 35.5. The Morgan fingerprint density at radius 2 is 1.94 bits per heavy atom. The van der Waals surface area contributed by atoms with E-state index >= 15 is 0 Å². The molecule has 1 N–H and O–H groups in total. The summed E-state index contributed by atoms with van der Waals surface area (Å²) in [6.45, 7) is 3.99. The summed E-state index contributed by atoms with van der Waals surface area (Å²) in [6.07, 6.45) is 1.49. The molecule has 4 atom stereocenters. The van der Waals surface area contributed by atoms with E-state index in [1.165, 1.54) is 19.1 Å². The van der Waals surface area contributed by atoms with E-state index in [0.29, 0.717) is 29.2 Å². The maximum Gasteiger partial charge on any atom is 0.274 e. The lowest BCUT2D eigenvalue weighted by atomic mass is 9.75. The Bertz CT molecular complexity index is 1340. The number of fused-ring (bicyclic) bond motifs is 7. The van der Waals surface area contributed by atoms with Crippen LogP contribution in [-0.2, 0) is 19.9 Å². The summed E-state index contributed by atoms with van der Waals surface area (Å²) in [4.78, 5) is 55.6. The number of halogens is 1. The van der Waals surface area contributed by atoms with Gasteiger partial charge in [-0.2, -0.15) is 0 Å². The molecule has 0 aromatic heterocycles. The molecule has 2 aromatic carbocycles. The van der Waals surface area contributed by atoms with Crippen LogP contribution in [-0.4, -0.2) is 40.1 Å². The van der Waals surface area contributed by atoms with Crippen LogP contribution in [0, 0.1) is 35.8 Å². The number of carbonyl (C=O) groups is 3. The van der Waals surface area contributed by atoms with Gasteiger partial charge in [-0.25, -0.2) is 4.90 Å². The molecule has 0 saturated carbocycles. The van der Waals surface area contributed by atoms with Crippen molar-refractivity contribution in [3.8, 4) is 0 Å². The van der Waals surface area contributed by atoms with E-state index < -0.39 is 34.1 Å². The first kappa shape index (κ1) is 21.2. The standard InChI is InChI=1S/C24H21ClN4O5/c1-11-9-13-20(14(25)10-11)26-23(32)24(13)19-18(17-7-4-8-27(17)24)21(30)28(22(19)31)15-5-3-6-16(12(15)2)29(33)34/h3,5-6,9-10,17-19H,4,7-8H2,1-2H3,(H,26,32)/t17-,18-,19-,24+/m0/s1. The van der Waals surface area contributed by atoms with Crippen LogP contribution in [0.4, 0.5) is 17.1 Å². The van der Waals surface area contributed by atoms with Gasteiger partial charge in [0.05, 0.1) is 38.7 Å². The smallest absolute Gasteiger partial charge is 0.274 e. The summed E-state index contributed by atoms with van der Waals surface area (Å²) in [5.74, 6) is -2.93. The number of imide groups is 1.